The smallest absolute Gasteiger partial charge is 0.251 e. The summed E-state index contributed by atoms with van der Waals surface area (Å²) >= 11 is 3.97. The molecule has 0 aromatic heterocycles. The zero-order chi connectivity index (χ0) is 13.0. The summed E-state index contributed by atoms with van der Waals surface area (Å²) in [6.07, 6.45) is 7.53. The number of nitrogens with one attached hydrogen (secondary N) is 1. The molecule has 1 N–H and O–H groups in total. The monoisotopic (exact) mass is 265 g/mol. The Morgan fingerprint density at radius 1 is 1.44 bits per heavy atom. The number of carbonyl (C=O) groups is 1. The van der Waals surface area contributed by atoms with Crippen molar-refractivity contribution in [3.05, 3.63) is 41.7 Å². The molecule has 4 heteroatoms. The van der Waals surface area contributed by atoms with Crippen LogP contribution < -0.4 is 5.32 Å². The molecule has 1 amide bonds. The van der Waals surface area contributed by atoms with Gasteiger partial charge in [0.25, 0.3) is 5.91 Å². The third kappa shape index (κ3) is 3.35. The molecule has 0 saturated heterocycles. The molecule has 1 aliphatic carbocycles. The minimum absolute atomic E-state index is 0.167. The number of benzene rings is 1. The summed E-state index contributed by atoms with van der Waals surface area (Å²) in [6, 6.07) is 4.19. The van der Waals surface area contributed by atoms with E-state index < -0.39 is 5.82 Å². The van der Waals surface area contributed by atoms with E-state index in [-0.39, 0.29) is 10.8 Å². The molecule has 0 saturated carbocycles. The lowest BCUT2D eigenvalue weighted by atomic mass is 9.94. The van der Waals surface area contributed by atoms with Gasteiger partial charge in [0.2, 0.25) is 0 Å². The summed E-state index contributed by atoms with van der Waals surface area (Å²) in [5, 5.41) is 2.89. The molecule has 0 heterocycles. The van der Waals surface area contributed by atoms with E-state index in [0.29, 0.717) is 18.0 Å². The van der Waals surface area contributed by atoms with Gasteiger partial charge in [-0.3, -0.25) is 4.79 Å². The Labute approximate surface area is 112 Å². The van der Waals surface area contributed by atoms with Crippen LogP contribution in [0.15, 0.2) is 35.2 Å². The topological polar surface area (TPSA) is 29.1 Å². The van der Waals surface area contributed by atoms with Gasteiger partial charge in [0.1, 0.15) is 5.82 Å². The zero-order valence-electron chi connectivity index (χ0n) is 10.0. The fourth-order valence-corrected chi connectivity index (χ4v) is 2.25. The molecule has 0 aliphatic heterocycles. The molecule has 96 valence electrons. The summed E-state index contributed by atoms with van der Waals surface area (Å²) in [7, 11) is 0. The van der Waals surface area contributed by atoms with Crippen LogP contribution in [0.25, 0.3) is 0 Å². The normalized spacial score (nSPS) is 18.7. The van der Waals surface area contributed by atoms with Crippen molar-refractivity contribution < 1.29 is 9.18 Å². The maximum Gasteiger partial charge on any atom is 0.251 e. The maximum absolute atomic E-state index is 13.0. The average molecular weight is 265 g/mol. The van der Waals surface area contributed by atoms with E-state index >= 15 is 0 Å². The van der Waals surface area contributed by atoms with Crippen molar-refractivity contribution in [1.29, 1.82) is 0 Å². The Bertz CT molecular complexity index is 473. The van der Waals surface area contributed by atoms with Gasteiger partial charge in [0.15, 0.2) is 0 Å². The predicted molar refractivity (Wildman–Crippen MR) is 72.5 cm³/mol. The van der Waals surface area contributed by atoms with Crippen LogP contribution in [0.1, 0.15) is 29.6 Å². The van der Waals surface area contributed by atoms with E-state index in [1.165, 1.54) is 18.2 Å². The van der Waals surface area contributed by atoms with Crippen molar-refractivity contribution in [2.75, 3.05) is 6.54 Å². The van der Waals surface area contributed by atoms with Crippen molar-refractivity contribution in [3.8, 4) is 0 Å². The fourth-order valence-electron chi connectivity index (χ4n) is 2.03. The van der Waals surface area contributed by atoms with Gasteiger partial charge in [0.05, 0.1) is 0 Å². The third-order valence-electron chi connectivity index (χ3n) is 3.14. The summed E-state index contributed by atoms with van der Waals surface area (Å²) in [5.41, 5.74) is 0.452. The van der Waals surface area contributed by atoms with Crippen molar-refractivity contribution in [2.45, 2.75) is 24.2 Å². The molecular formula is C14H16FNOS. The molecule has 0 spiro atoms. The van der Waals surface area contributed by atoms with Crippen molar-refractivity contribution in [2.24, 2.45) is 5.92 Å². The molecule has 1 aliphatic rings. The van der Waals surface area contributed by atoms with Crippen LogP contribution >= 0.6 is 12.6 Å². The van der Waals surface area contributed by atoms with Crippen molar-refractivity contribution in [3.63, 3.8) is 0 Å². The fraction of sp³-hybridized carbons (Fsp3) is 0.357. The standard InChI is InChI=1S/C14H16FNOS/c15-12-7-6-11(8-13(12)18)14(17)16-9-10-4-2-1-3-5-10/h1-2,6-8,10,18H,3-5,9H2,(H,16,17). The van der Waals surface area contributed by atoms with Crippen LogP contribution in [0.3, 0.4) is 0 Å². The average Bonchev–Trinajstić information content (AvgIpc) is 2.40. The molecule has 0 bridgehead atoms. The lowest BCUT2D eigenvalue weighted by molar-refractivity contribution is 0.0946. The summed E-state index contributed by atoms with van der Waals surface area (Å²) in [5.74, 6) is -0.0676. The SMILES string of the molecule is O=C(NCC1CC=CCC1)c1ccc(F)c(S)c1. The molecule has 18 heavy (non-hydrogen) atoms. The molecule has 1 aromatic rings. The first-order chi connectivity index (χ1) is 8.66. The lowest BCUT2D eigenvalue weighted by Crippen LogP contribution is -2.29. The summed E-state index contributed by atoms with van der Waals surface area (Å²) in [6.45, 7) is 0.669. The van der Waals surface area contributed by atoms with Gasteiger partial charge >= 0.3 is 0 Å². The number of amides is 1. The Morgan fingerprint density at radius 3 is 2.94 bits per heavy atom. The van der Waals surface area contributed by atoms with E-state index in [1.807, 2.05) is 0 Å². The van der Waals surface area contributed by atoms with Crippen LogP contribution in [0.2, 0.25) is 0 Å². The molecular weight excluding hydrogens is 249 g/mol. The van der Waals surface area contributed by atoms with Gasteiger partial charge < -0.3 is 5.32 Å². The molecule has 2 rings (SSSR count). The molecule has 1 aromatic carbocycles. The quantitative estimate of drug-likeness (QED) is 0.638. The first-order valence-electron chi connectivity index (χ1n) is 6.08. The van der Waals surface area contributed by atoms with Crippen LogP contribution in [0, 0.1) is 11.7 Å². The van der Waals surface area contributed by atoms with E-state index in [0.717, 1.165) is 19.3 Å². The highest BCUT2D eigenvalue weighted by Gasteiger charge is 2.13. The largest absolute Gasteiger partial charge is 0.352 e. The van der Waals surface area contributed by atoms with Crippen LogP contribution in [0.5, 0.6) is 0 Å². The maximum atomic E-state index is 13.0. The predicted octanol–water partition coefficient (Wildman–Crippen LogP) is 3.20. The first kappa shape index (κ1) is 13.1. The summed E-state index contributed by atoms with van der Waals surface area (Å²) in [4.78, 5) is 12.1. The zero-order valence-corrected chi connectivity index (χ0v) is 10.9. The minimum Gasteiger partial charge on any atom is -0.352 e. The number of hydrogen-bond acceptors (Lipinski definition) is 2. The van der Waals surface area contributed by atoms with Gasteiger partial charge in [-0.1, -0.05) is 12.2 Å². The number of allylic oxidation sites excluding steroid dienone is 2. The number of halogens is 1. The van der Waals surface area contributed by atoms with E-state index in [1.54, 1.807) is 0 Å². The number of thiol groups is 1. The highest BCUT2D eigenvalue weighted by molar-refractivity contribution is 7.80. The molecule has 0 radical (unpaired) electrons. The van der Waals surface area contributed by atoms with Crippen LogP contribution in [0.4, 0.5) is 4.39 Å². The number of rotatable bonds is 3. The molecule has 1 atom stereocenters. The summed E-state index contributed by atoms with van der Waals surface area (Å²) < 4.78 is 13.0. The van der Waals surface area contributed by atoms with Crippen molar-refractivity contribution >= 4 is 18.5 Å². The Morgan fingerprint density at radius 2 is 2.28 bits per heavy atom. The van der Waals surface area contributed by atoms with Gasteiger partial charge in [-0.2, -0.15) is 0 Å². The number of hydrogen-bond donors (Lipinski definition) is 2. The lowest BCUT2D eigenvalue weighted by Gasteiger charge is -2.18. The van der Waals surface area contributed by atoms with Gasteiger partial charge in [-0.15, -0.1) is 12.6 Å². The van der Waals surface area contributed by atoms with Gasteiger partial charge in [0, 0.05) is 17.0 Å². The third-order valence-corrected chi connectivity index (χ3v) is 3.48. The second-order valence-corrected chi connectivity index (χ2v) is 5.01. The second-order valence-electron chi connectivity index (χ2n) is 4.53. The Balaban J connectivity index is 1.91. The number of carbonyl (C=O) groups excluding carboxylic acids is 1. The van der Waals surface area contributed by atoms with E-state index in [9.17, 15) is 9.18 Å². The molecule has 2 nitrogen and oxygen atoms in total. The highest BCUT2D eigenvalue weighted by Crippen LogP contribution is 2.18. The van der Waals surface area contributed by atoms with Gasteiger partial charge in [-0.05, 0) is 43.4 Å². The van der Waals surface area contributed by atoms with Gasteiger partial charge in [-0.25, -0.2) is 4.39 Å². The van der Waals surface area contributed by atoms with E-state index in [4.69, 9.17) is 0 Å². The van der Waals surface area contributed by atoms with E-state index in [2.05, 4.69) is 30.1 Å². The Kier molecular flexibility index (Phi) is 4.42. The highest BCUT2D eigenvalue weighted by atomic mass is 32.1. The second kappa shape index (κ2) is 6.05. The first-order valence-corrected chi connectivity index (χ1v) is 6.53. The minimum atomic E-state index is -0.410. The van der Waals surface area contributed by atoms with Crippen LogP contribution in [-0.4, -0.2) is 12.5 Å². The molecule has 0 fully saturated rings. The molecule has 1 unspecified atom stereocenters. The van der Waals surface area contributed by atoms with Crippen LogP contribution in [-0.2, 0) is 0 Å². The van der Waals surface area contributed by atoms with Crippen molar-refractivity contribution in [1.82, 2.24) is 5.32 Å². The Hall–Kier alpha value is -1.29.